The van der Waals surface area contributed by atoms with E-state index < -0.39 is 0 Å². The number of carbonyl (C=O) groups is 1. The molecule has 3 rings (SSSR count). The number of hydrogen-bond acceptors (Lipinski definition) is 3. The van der Waals surface area contributed by atoms with Gasteiger partial charge < -0.3 is 10.2 Å². The number of piperazine rings is 1. The topological polar surface area (TPSA) is 32.3 Å². The standard InChI is InChI=1S/C16H24N2OS.ClH/c1-12-11-17-8-9-18(12)16(19)15-10-13-6-4-2-3-5-7-14(13)20-15;/h10,12,17H,2-9,11H2,1H3;1H. The first-order valence-electron chi connectivity index (χ1n) is 7.89. The second-order valence-electron chi connectivity index (χ2n) is 6.02. The molecule has 1 amide bonds. The average Bonchev–Trinajstić information content (AvgIpc) is 2.81. The number of rotatable bonds is 1. The fraction of sp³-hybridized carbons (Fsp3) is 0.688. The summed E-state index contributed by atoms with van der Waals surface area (Å²) in [5, 5.41) is 3.35. The molecule has 0 bridgehead atoms. The van der Waals surface area contributed by atoms with Crippen molar-refractivity contribution in [3.8, 4) is 0 Å². The first kappa shape index (κ1) is 16.8. The Balaban J connectivity index is 0.00000161. The third-order valence-corrected chi connectivity index (χ3v) is 5.69. The molecule has 118 valence electrons. The van der Waals surface area contributed by atoms with Gasteiger partial charge in [0, 0.05) is 30.6 Å². The van der Waals surface area contributed by atoms with Gasteiger partial charge in [0.15, 0.2) is 0 Å². The molecular formula is C16H25ClN2OS. The van der Waals surface area contributed by atoms with Crippen molar-refractivity contribution in [2.45, 2.75) is 51.5 Å². The number of nitrogens with one attached hydrogen (secondary N) is 1. The first-order chi connectivity index (χ1) is 9.75. The van der Waals surface area contributed by atoms with Gasteiger partial charge in [0.25, 0.3) is 5.91 Å². The van der Waals surface area contributed by atoms with Crippen LogP contribution in [0.2, 0.25) is 0 Å². The average molecular weight is 329 g/mol. The molecule has 0 aromatic carbocycles. The zero-order valence-electron chi connectivity index (χ0n) is 12.7. The minimum Gasteiger partial charge on any atom is -0.333 e. The molecule has 1 aromatic heterocycles. The van der Waals surface area contributed by atoms with Crippen LogP contribution in [0.1, 0.15) is 52.7 Å². The van der Waals surface area contributed by atoms with Crippen LogP contribution in [0.4, 0.5) is 0 Å². The third kappa shape index (κ3) is 3.79. The lowest BCUT2D eigenvalue weighted by Crippen LogP contribution is -2.52. The Morgan fingerprint density at radius 3 is 2.81 bits per heavy atom. The maximum Gasteiger partial charge on any atom is 0.264 e. The van der Waals surface area contributed by atoms with Gasteiger partial charge in [-0.15, -0.1) is 23.7 Å². The summed E-state index contributed by atoms with van der Waals surface area (Å²) in [6.07, 6.45) is 7.58. The second kappa shape index (κ2) is 7.61. The van der Waals surface area contributed by atoms with E-state index in [9.17, 15) is 4.79 Å². The van der Waals surface area contributed by atoms with Crippen molar-refractivity contribution in [2.24, 2.45) is 0 Å². The molecule has 0 spiro atoms. The van der Waals surface area contributed by atoms with Gasteiger partial charge in [0.05, 0.1) is 4.88 Å². The summed E-state index contributed by atoms with van der Waals surface area (Å²) in [4.78, 5) is 17.2. The van der Waals surface area contributed by atoms with E-state index >= 15 is 0 Å². The van der Waals surface area contributed by atoms with E-state index in [-0.39, 0.29) is 18.3 Å². The summed E-state index contributed by atoms with van der Waals surface area (Å²) in [6, 6.07) is 2.49. The van der Waals surface area contributed by atoms with Gasteiger partial charge in [0.1, 0.15) is 0 Å². The number of nitrogens with zero attached hydrogens (tertiary/aromatic N) is 1. The molecule has 1 atom stereocenters. The minimum atomic E-state index is 0. The van der Waals surface area contributed by atoms with Gasteiger partial charge in [0.2, 0.25) is 0 Å². The zero-order valence-corrected chi connectivity index (χ0v) is 14.3. The molecule has 3 nitrogen and oxygen atoms in total. The fourth-order valence-electron chi connectivity index (χ4n) is 3.23. The molecular weight excluding hydrogens is 304 g/mol. The Morgan fingerprint density at radius 1 is 1.29 bits per heavy atom. The Labute approximate surface area is 137 Å². The van der Waals surface area contributed by atoms with Crippen LogP contribution in [-0.4, -0.2) is 36.5 Å². The number of aryl methyl sites for hydroxylation is 2. The molecule has 0 radical (unpaired) electrons. The summed E-state index contributed by atoms with van der Waals surface area (Å²) in [7, 11) is 0. The van der Waals surface area contributed by atoms with Crippen LogP contribution >= 0.6 is 23.7 Å². The van der Waals surface area contributed by atoms with E-state index in [1.807, 2.05) is 4.90 Å². The van der Waals surface area contributed by atoms with Crippen LogP contribution < -0.4 is 5.32 Å². The van der Waals surface area contributed by atoms with E-state index in [2.05, 4.69) is 18.3 Å². The maximum atomic E-state index is 12.7. The molecule has 1 aliphatic heterocycles. The van der Waals surface area contributed by atoms with Crippen LogP contribution in [0.25, 0.3) is 0 Å². The summed E-state index contributed by atoms with van der Waals surface area (Å²) >= 11 is 1.75. The lowest BCUT2D eigenvalue weighted by atomic mass is 9.99. The highest BCUT2D eigenvalue weighted by atomic mass is 35.5. The molecule has 21 heavy (non-hydrogen) atoms. The van der Waals surface area contributed by atoms with E-state index in [0.29, 0.717) is 6.04 Å². The highest BCUT2D eigenvalue weighted by molar-refractivity contribution is 7.14. The summed E-state index contributed by atoms with van der Waals surface area (Å²) in [5.41, 5.74) is 1.45. The van der Waals surface area contributed by atoms with Crippen molar-refractivity contribution in [3.63, 3.8) is 0 Å². The minimum absolute atomic E-state index is 0. The molecule has 1 unspecified atom stereocenters. The molecule has 1 fully saturated rings. The van der Waals surface area contributed by atoms with E-state index in [1.165, 1.54) is 42.5 Å². The van der Waals surface area contributed by atoms with E-state index in [4.69, 9.17) is 0 Å². The number of hydrogen-bond donors (Lipinski definition) is 1. The van der Waals surface area contributed by atoms with Crippen LogP contribution in [0.5, 0.6) is 0 Å². The van der Waals surface area contributed by atoms with Gasteiger partial charge in [-0.1, -0.05) is 12.8 Å². The number of carbonyl (C=O) groups excluding carboxylic acids is 1. The summed E-state index contributed by atoms with van der Waals surface area (Å²) in [5.74, 6) is 0.246. The molecule has 1 saturated heterocycles. The van der Waals surface area contributed by atoms with Crippen molar-refractivity contribution >= 4 is 29.7 Å². The molecule has 5 heteroatoms. The highest BCUT2D eigenvalue weighted by Gasteiger charge is 2.26. The highest BCUT2D eigenvalue weighted by Crippen LogP contribution is 2.29. The van der Waals surface area contributed by atoms with E-state index in [0.717, 1.165) is 30.9 Å². The Kier molecular flexibility index (Phi) is 6.08. The molecule has 1 aromatic rings. The van der Waals surface area contributed by atoms with Crippen LogP contribution in [-0.2, 0) is 12.8 Å². The molecule has 2 heterocycles. The number of fused-ring (bicyclic) bond motifs is 1. The summed E-state index contributed by atoms with van der Waals surface area (Å²) in [6.45, 7) is 4.80. The first-order valence-corrected chi connectivity index (χ1v) is 8.70. The number of thiophene rings is 1. The normalized spacial score (nSPS) is 22.7. The van der Waals surface area contributed by atoms with Crippen LogP contribution in [0.3, 0.4) is 0 Å². The Bertz CT molecular complexity index is 463. The summed E-state index contributed by atoms with van der Waals surface area (Å²) < 4.78 is 0. The van der Waals surface area contributed by atoms with Crippen molar-refractivity contribution in [2.75, 3.05) is 19.6 Å². The predicted octanol–water partition coefficient (Wildman–Crippen LogP) is 3.26. The number of halogens is 1. The largest absolute Gasteiger partial charge is 0.333 e. The second-order valence-corrected chi connectivity index (χ2v) is 7.16. The number of amides is 1. The zero-order chi connectivity index (χ0) is 13.9. The van der Waals surface area contributed by atoms with Crippen LogP contribution in [0.15, 0.2) is 6.07 Å². The van der Waals surface area contributed by atoms with Crippen molar-refractivity contribution in [1.29, 1.82) is 0 Å². The lowest BCUT2D eigenvalue weighted by molar-refractivity contribution is 0.0660. The molecule has 0 saturated carbocycles. The van der Waals surface area contributed by atoms with Crippen molar-refractivity contribution in [3.05, 3.63) is 21.4 Å². The monoisotopic (exact) mass is 328 g/mol. The quantitative estimate of drug-likeness (QED) is 0.858. The molecule has 1 N–H and O–H groups in total. The smallest absolute Gasteiger partial charge is 0.264 e. The van der Waals surface area contributed by atoms with E-state index in [1.54, 1.807) is 11.3 Å². The van der Waals surface area contributed by atoms with Gasteiger partial charge in [-0.2, -0.15) is 0 Å². The van der Waals surface area contributed by atoms with Crippen molar-refractivity contribution in [1.82, 2.24) is 10.2 Å². The van der Waals surface area contributed by atoms with Crippen molar-refractivity contribution < 1.29 is 4.79 Å². The van der Waals surface area contributed by atoms with Gasteiger partial charge in [-0.3, -0.25) is 4.79 Å². The maximum absolute atomic E-state index is 12.7. The lowest BCUT2D eigenvalue weighted by Gasteiger charge is -2.33. The Hall–Kier alpha value is -0.580. The molecule has 1 aliphatic carbocycles. The SMILES string of the molecule is CC1CNCCN1C(=O)c1cc2c(s1)CCCCCC2.Cl. The van der Waals surface area contributed by atoms with Gasteiger partial charge >= 0.3 is 0 Å². The third-order valence-electron chi connectivity index (χ3n) is 4.47. The van der Waals surface area contributed by atoms with Gasteiger partial charge in [-0.05, 0) is 44.2 Å². The van der Waals surface area contributed by atoms with Crippen LogP contribution in [0, 0.1) is 0 Å². The molecule has 2 aliphatic rings. The predicted molar refractivity (Wildman–Crippen MR) is 90.8 cm³/mol. The fourth-order valence-corrected chi connectivity index (χ4v) is 4.44. The Morgan fingerprint density at radius 2 is 2.05 bits per heavy atom. The van der Waals surface area contributed by atoms with Gasteiger partial charge in [-0.25, -0.2) is 0 Å².